The van der Waals surface area contributed by atoms with Crippen LogP contribution in [0.3, 0.4) is 0 Å². The molecular weight excluding hydrogens is 140 g/mol. The van der Waals surface area contributed by atoms with Gasteiger partial charge in [-0.1, -0.05) is 0 Å². The summed E-state index contributed by atoms with van der Waals surface area (Å²) >= 11 is 0. The van der Waals surface area contributed by atoms with E-state index in [1.807, 2.05) is 26.2 Å². The summed E-state index contributed by atoms with van der Waals surface area (Å²) in [4.78, 5) is 0. The Kier molecular flexibility index (Phi) is 2.66. The number of rotatable bonds is 3. The first-order valence-corrected chi connectivity index (χ1v) is 3.52. The highest BCUT2D eigenvalue weighted by atomic mass is 15.3. The zero-order valence-electron chi connectivity index (χ0n) is 6.78. The van der Waals surface area contributed by atoms with Gasteiger partial charge in [0, 0.05) is 19.5 Å². The summed E-state index contributed by atoms with van der Waals surface area (Å²) in [7, 11) is 1.90. The Morgan fingerprint density at radius 1 is 1.82 bits per heavy atom. The molecule has 0 fully saturated rings. The van der Waals surface area contributed by atoms with Gasteiger partial charge in [-0.05, 0) is 13.0 Å². The van der Waals surface area contributed by atoms with Crippen LogP contribution in [0.4, 0.5) is 0 Å². The van der Waals surface area contributed by atoms with Crippen molar-refractivity contribution in [3.05, 3.63) is 18.0 Å². The zero-order chi connectivity index (χ0) is 8.10. The second-order valence-corrected chi connectivity index (χ2v) is 2.20. The van der Waals surface area contributed by atoms with Gasteiger partial charge in [-0.25, -0.2) is 0 Å². The number of nitrogens with one attached hydrogen (secondary N) is 1. The van der Waals surface area contributed by atoms with E-state index in [4.69, 9.17) is 0 Å². The minimum absolute atomic E-state index is 0.686. The standard InChI is InChI=1S/C7H12N4/c1-3-8-9-6-7-4-5-11(2)10-7/h3-5,9H,6H2,1-2H3/b8-3-. The quantitative estimate of drug-likeness (QED) is 0.506. The fourth-order valence-corrected chi connectivity index (χ4v) is 0.775. The maximum Gasteiger partial charge on any atom is 0.0832 e. The summed E-state index contributed by atoms with van der Waals surface area (Å²) in [6.45, 7) is 2.55. The van der Waals surface area contributed by atoms with E-state index in [1.54, 1.807) is 10.9 Å². The SMILES string of the molecule is C/C=N\NCc1ccn(C)n1. The Hall–Kier alpha value is -1.32. The first-order valence-electron chi connectivity index (χ1n) is 3.52. The molecule has 1 aromatic heterocycles. The molecule has 0 amide bonds. The van der Waals surface area contributed by atoms with E-state index in [0.717, 1.165) is 5.69 Å². The summed E-state index contributed by atoms with van der Waals surface area (Å²) in [6, 6.07) is 1.96. The molecule has 0 spiro atoms. The number of hydrazone groups is 1. The number of aromatic nitrogens is 2. The number of hydrogen-bond acceptors (Lipinski definition) is 3. The van der Waals surface area contributed by atoms with E-state index in [2.05, 4.69) is 15.6 Å². The molecule has 0 atom stereocenters. The molecule has 0 bridgehead atoms. The van der Waals surface area contributed by atoms with Crippen molar-refractivity contribution in [1.29, 1.82) is 0 Å². The largest absolute Gasteiger partial charge is 0.304 e. The molecule has 0 unspecified atom stereocenters. The fourth-order valence-electron chi connectivity index (χ4n) is 0.775. The highest BCUT2D eigenvalue weighted by Crippen LogP contribution is 1.91. The summed E-state index contributed by atoms with van der Waals surface area (Å²) in [5, 5.41) is 8.01. The Morgan fingerprint density at radius 3 is 3.18 bits per heavy atom. The third-order valence-corrected chi connectivity index (χ3v) is 1.25. The van der Waals surface area contributed by atoms with E-state index < -0.39 is 0 Å². The third-order valence-electron chi connectivity index (χ3n) is 1.25. The minimum atomic E-state index is 0.686. The lowest BCUT2D eigenvalue weighted by Gasteiger charge is -1.93. The fraction of sp³-hybridized carbons (Fsp3) is 0.429. The van der Waals surface area contributed by atoms with Crippen molar-refractivity contribution in [2.75, 3.05) is 0 Å². The van der Waals surface area contributed by atoms with Gasteiger partial charge in [0.05, 0.1) is 12.2 Å². The van der Waals surface area contributed by atoms with E-state index in [-0.39, 0.29) is 0 Å². The van der Waals surface area contributed by atoms with Crippen LogP contribution in [0, 0.1) is 0 Å². The van der Waals surface area contributed by atoms with Gasteiger partial charge in [0.15, 0.2) is 0 Å². The molecule has 1 heterocycles. The molecule has 11 heavy (non-hydrogen) atoms. The van der Waals surface area contributed by atoms with Crippen LogP contribution in [-0.2, 0) is 13.6 Å². The molecule has 0 saturated heterocycles. The molecule has 1 aromatic rings. The van der Waals surface area contributed by atoms with E-state index in [0.29, 0.717) is 6.54 Å². The Morgan fingerprint density at radius 2 is 2.64 bits per heavy atom. The Bertz CT molecular complexity index is 238. The van der Waals surface area contributed by atoms with E-state index in [9.17, 15) is 0 Å². The lowest BCUT2D eigenvalue weighted by Crippen LogP contribution is -2.05. The van der Waals surface area contributed by atoms with Crippen molar-refractivity contribution < 1.29 is 0 Å². The van der Waals surface area contributed by atoms with Crippen LogP contribution >= 0.6 is 0 Å². The summed E-state index contributed by atoms with van der Waals surface area (Å²) in [6.07, 6.45) is 3.62. The summed E-state index contributed by atoms with van der Waals surface area (Å²) in [5.41, 5.74) is 3.86. The van der Waals surface area contributed by atoms with Crippen molar-refractivity contribution in [3.8, 4) is 0 Å². The third kappa shape index (κ3) is 2.41. The summed E-state index contributed by atoms with van der Waals surface area (Å²) < 4.78 is 1.77. The maximum atomic E-state index is 4.16. The second kappa shape index (κ2) is 3.75. The number of aryl methyl sites for hydroxylation is 1. The number of hydrogen-bond donors (Lipinski definition) is 1. The van der Waals surface area contributed by atoms with Gasteiger partial charge < -0.3 is 5.43 Å². The Labute approximate surface area is 65.9 Å². The van der Waals surface area contributed by atoms with E-state index in [1.165, 1.54) is 0 Å². The first kappa shape index (κ1) is 7.78. The average molecular weight is 152 g/mol. The molecular formula is C7H12N4. The molecule has 0 aliphatic heterocycles. The first-order chi connectivity index (χ1) is 5.33. The van der Waals surface area contributed by atoms with Crippen molar-refractivity contribution in [1.82, 2.24) is 15.2 Å². The van der Waals surface area contributed by atoms with Gasteiger partial charge in [0.1, 0.15) is 0 Å². The van der Waals surface area contributed by atoms with Crippen molar-refractivity contribution in [3.63, 3.8) is 0 Å². The molecule has 0 saturated carbocycles. The molecule has 60 valence electrons. The Balaban J connectivity index is 2.38. The molecule has 0 aliphatic carbocycles. The lowest BCUT2D eigenvalue weighted by molar-refractivity contribution is 0.686. The molecule has 1 N–H and O–H groups in total. The van der Waals surface area contributed by atoms with Crippen molar-refractivity contribution >= 4 is 6.21 Å². The molecule has 1 rings (SSSR count). The van der Waals surface area contributed by atoms with Crippen LogP contribution in [0.1, 0.15) is 12.6 Å². The topological polar surface area (TPSA) is 42.2 Å². The molecule has 0 aliphatic rings. The predicted octanol–water partition coefficient (Wildman–Crippen LogP) is 0.515. The van der Waals surface area contributed by atoms with Gasteiger partial charge in [-0.3, -0.25) is 4.68 Å². The van der Waals surface area contributed by atoms with Crippen LogP contribution in [0.15, 0.2) is 17.4 Å². The van der Waals surface area contributed by atoms with Crippen LogP contribution in [-0.4, -0.2) is 16.0 Å². The van der Waals surface area contributed by atoms with Gasteiger partial charge in [0.25, 0.3) is 0 Å². The monoisotopic (exact) mass is 152 g/mol. The normalized spacial score (nSPS) is 10.7. The van der Waals surface area contributed by atoms with E-state index >= 15 is 0 Å². The number of nitrogens with zero attached hydrogens (tertiary/aromatic N) is 3. The van der Waals surface area contributed by atoms with Crippen molar-refractivity contribution in [2.24, 2.45) is 12.1 Å². The van der Waals surface area contributed by atoms with Gasteiger partial charge in [-0.2, -0.15) is 10.2 Å². The smallest absolute Gasteiger partial charge is 0.0832 e. The zero-order valence-corrected chi connectivity index (χ0v) is 6.78. The average Bonchev–Trinajstić information content (AvgIpc) is 2.37. The van der Waals surface area contributed by atoms with Gasteiger partial charge in [-0.15, -0.1) is 0 Å². The summed E-state index contributed by atoms with van der Waals surface area (Å²) in [5.74, 6) is 0. The highest BCUT2D eigenvalue weighted by Gasteiger charge is 1.92. The highest BCUT2D eigenvalue weighted by molar-refractivity contribution is 5.52. The van der Waals surface area contributed by atoms with Crippen LogP contribution in [0.25, 0.3) is 0 Å². The van der Waals surface area contributed by atoms with Crippen LogP contribution in [0.5, 0.6) is 0 Å². The molecule has 4 nitrogen and oxygen atoms in total. The molecule has 0 aromatic carbocycles. The molecule has 4 heteroatoms. The molecule has 0 radical (unpaired) electrons. The van der Waals surface area contributed by atoms with Crippen LogP contribution in [0.2, 0.25) is 0 Å². The van der Waals surface area contributed by atoms with Crippen molar-refractivity contribution in [2.45, 2.75) is 13.5 Å². The minimum Gasteiger partial charge on any atom is -0.304 e. The maximum absolute atomic E-state index is 4.16. The van der Waals surface area contributed by atoms with Gasteiger partial charge in [0.2, 0.25) is 0 Å². The van der Waals surface area contributed by atoms with Crippen LogP contribution < -0.4 is 5.43 Å². The van der Waals surface area contributed by atoms with Gasteiger partial charge >= 0.3 is 0 Å². The lowest BCUT2D eigenvalue weighted by atomic mass is 10.4. The second-order valence-electron chi connectivity index (χ2n) is 2.20. The predicted molar refractivity (Wildman–Crippen MR) is 44.2 cm³/mol.